The predicted octanol–water partition coefficient (Wildman–Crippen LogP) is 2.57. The van der Waals surface area contributed by atoms with Crippen molar-refractivity contribution in [2.45, 2.75) is 37.5 Å². The lowest BCUT2D eigenvalue weighted by molar-refractivity contribution is -0.177. The van der Waals surface area contributed by atoms with E-state index in [9.17, 15) is 4.79 Å². The maximum atomic E-state index is 11.8. The highest BCUT2D eigenvalue weighted by Gasteiger charge is 2.40. The van der Waals surface area contributed by atoms with E-state index in [0.29, 0.717) is 24.8 Å². The number of nitrogens with one attached hydrogen (secondary N) is 1. The van der Waals surface area contributed by atoms with E-state index in [0.717, 1.165) is 31.4 Å². The zero-order valence-corrected chi connectivity index (χ0v) is 12.3. The van der Waals surface area contributed by atoms with Gasteiger partial charge in [-0.3, -0.25) is 0 Å². The largest absolute Gasteiger partial charge is 0.465 e. The minimum atomic E-state index is -0.347. The molecular weight excluding hydrogens is 270 g/mol. The number of carbonyl (C=O) groups is 1. The minimum absolute atomic E-state index is 0.312. The van der Waals surface area contributed by atoms with Gasteiger partial charge >= 0.3 is 5.97 Å². The van der Waals surface area contributed by atoms with Gasteiger partial charge in [0.25, 0.3) is 0 Å². The van der Waals surface area contributed by atoms with E-state index < -0.39 is 0 Å². The van der Waals surface area contributed by atoms with Gasteiger partial charge in [-0.2, -0.15) is 0 Å². The van der Waals surface area contributed by atoms with Gasteiger partial charge in [0.15, 0.2) is 5.79 Å². The van der Waals surface area contributed by atoms with E-state index in [1.54, 1.807) is 6.07 Å². The maximum absolute atomic E-state index is 11.8. The molecule has 0 radical (unpaired) electrons. The molecule has 3 rings (SSSR count). The van der Waals surface area contributed by atoms with Gasteiger partial charge in [0, 0.05) is 24.6 Å². The quantitative estimate of drug-likeness (QED) is 0.867. The molecule has 21 heavy (non-hydrogen) atoms. The van der Waals surface area contributed by atoms with Gasteiger partial charge in [0.05, 0.1) is 25.9 Å². The number of carbonyl (C=O) groups excluding carboxylic acids is 1. The van der Waals surface area contributed by atoms with Crippen LogP contribution < -0.4 is 5.32 Å². The average Bonchev–Trinajstić information content (AvgIpc) is 2.98. The first kappa shape index (κ1) is 14.4. The minimum Gasteiger partial charge on any atom is -0.465 e. The van der Waals surface area contributed by atoms with Crippen molar-refractivity contribution in [3.63, 3.8) is 0 Å². The standard InChI is InChI=1S/C16H21NO4/c1-19-15(18)13-4-2-3-5-14(13)17-12-6-8-16(9-7-12)20-10-11-21-16/h2-5,12,17H,6-11H2,1H3. The third-order valence-electron chi connectivity index (χ3n) is 4.25. The molecule has 1 spiro atoms. The van der Waals surface area contributed by atoms with E-state index >= 15 is 0 Å². The zero-order valence-electron chi connectivity index (χ0n) is 12.3. The summed E-state index contributed by atoms with van der Waals surface area (Å²) in [4.78, 5) is 11.8. The summed E-state index contributed by atoms with van der Waals surface area (Å²) in [6.45, 7) is 1.40. The van der Waals surface area contributed by atoms with E-state index in [4.69, 9.17) is 14.2 Å². The van der Waals surface area contributed by atoms with Gasteiger partial charge in [0.2, 0.25) is 0 Å². The number of methoxy groups -OCH3 is 1. The van der Waals surface area contributed by atoms with Crippen LogP contribution in [0.4, 0.5) is 5.69 Å². The second-order valence-corrected chi connectivity index (χ2v) is 5.56. The molecule has 1 aliphatic heterocycles. The Bertz CT molecular complexity index is 501. The number of benzene rings is 1. The molecule has 1 aromatic rings. The van der Waals surface area contributed by atoms with E-state index in [-0.39, 0.29) is 11.8 Å². The van der Waals surface area contributed by atoms with Gasteiger partial charge in [-0.05, 0) is 25.0 Å². The molecule has 114 valence electrons. The third kappa shape index (κ3) is 3.04. The van der Waals surface area contributed by atoms with Crippen molar-refractivity contribution in [2.24, 2.45) is 0 Å². The molecule has 0 aromatic heterocycles. The molecular formula is C16H21NO4. The van der Waals surface area contributed by atoms with Crippen LogP contribution in [0.15, 0.2) is 24.3 Å². The lowest BCUT2D eigenvalue weighted by Gasteiger charge is -2.36. The van der Waals surface area contributed by atoms with Crippen molar-refractivity contribution in [2.75, 3.05) is 25.6 Å². The van der Waals surface area contributed by atoms with Crippen LogP contribution in [0.2, 0.25) is 0 Å². The third-order valence-corrected chi connectivity index (χ3v) is 4.25. The van der Waals surface area contributed by atoms with Crippen LogP contribution in [0.25, 0.3) is 0 Å². The predicted molar refractivity (Wildman–Crippen MR) is 78.3 cm³/mol. The molecule has 0 unspecified atom stereocenters. The molecule has 5 heteroatoms. The highest BCUT2D eigenvalue weighted by molar-refractivity contribution is 5.95. The monoisotopic (exact) mass is 291 g/mol. The Morgan fingerprint density at radius 2 is 1.90 bits per heavy atom. The Morgan fingerprint density at radius 3 is 2.57 bits per heavy atom. The molecule has 1 saturated heterocycles. The highest BCUT2D eigenvalue weighted by Crippen LogP contribution is 2.36. The molecule has 0 atom stereocenters. The van der Waals surface area contributed by atoms with E-state index in [1.165, 1.54) is 7.11 Å². The summed E-state index contributed by atoms with van der Waals surface area (Å²) in [5.41, 5.74) is 1.41. The van der Waals surface area contributed by atoms with Gasteiger partial charge in [-0.1, -0.05) is 12.1 Å². The molecule has 1 N–H and O–H groups in total. The van der Waals surface area contributed by atoms with Crippen LogP contribution in [0, 0.1) is 0 Å². The zero-order chi connectivity index (χ0) is 14.7. The molecule has 1 aliphatic carbocycles. The highest BCUT2D eigenvalue weighted by atomic mass is 16.7. The first-order valence-electron chi connectivity index (χ1n) is 7.44. The molecule has 1 heterocycles. The number of hydrogen-bond acceptors (Lipinski definition) is 5. The second kappa shape index (κ2) is 6.03. The summed E-state index contributed by atoms with van der Waals surface area (Å²) in [6, 6.07) is 7.78. The lowest BCUT2D eigenvalue weighted by Crippen LogP contribution is -2.39. The molecule has 0 bridgehead atoms. The van der Waals surface area contributed by atoms with Crippen molar-refractivity contribution >= 4 is 11.7 Å². The number of rotatable bonds is 3. The van der Waals surface area contributed by atoms with Crippen LogP contribution in [0.3, 0.4) is 0 Å². The Balaban J connectivity index is 1.64. The van der Waals surface area contributed by atoms with Crippen molar-refractivity contribution < 1.29 is 19.0 Å². The molecule has 1 saturated carbocycles. The number of hydrogen-bond donors (Lipinski definition) is 1. The van der Waals surface area contributed by atoms with Crippen LogP contribution in [0.5, 0.6) is 0 Å². The van der Waals surface area contributed by atoms with Gasteiger partial charge in [-0.25, -0.2) is 4.79 Å². The van der Waals surface area contributed by atoms with Gasteiger partial charge in [0.1, 0.15) is 0 Å². The SMILES string of the molecule is COC(=O)c1ccccc1NC1CCC2(CC1)OCCO2. The molecule has 0 amide bonds. The number of esters is 1. The van der Waals surface area contributed by atoms with Crippen LogP contribution in [-0.2, 0) is 14.2 Å². The van der Waals surface area contributed by atoms with Crippen molar-refractivity contribution in [1.29, 1.82) is 0 Å². The first-order valence-corrected chi connectivity index (χ1v) is 7.44. The van der Waals surface area contributed by atoms with Crippen molar-refractivity contribution in [3.05, 3.63) is 29.8 Å². The summed E-state index contributed by atoms with van der Waals surface area (Å²) >= 11 is 0. The van der Waals surface area contributed by atoms with E-state index in [2.05, 4.69) is 5.32 Å². The molecule has 5 nitrogen and oxygen atoms in total. The fourth-order valence-corrected chi connectivity index (χ4v) is 3.10. The Kier molecular flexibility index (Phi) is 4.12. The van der Waals surface area contributed by atoms with Gasteiger partial charge < -0.3 is 19.5 Å². The maximum Gasteiger partial charge on any atom is 0.339 e. The lowest BCUT2D eigenvalue weighted by atomic mass is 9.89. The Labute approximate surface area is 124 Å². The number of para-hydroxylation sites is 1. The van der Waals surface area contributed by atoms with E-state index in [1.807, 2.05) is 18.2 Å². The number of ether oxygens (including phenoxy) is 3. The van der Waals surface area contributed by atoms with Crippen LogP contribution in [0.1, 0.15) is 36.0 Å². The average molecular weight is 291 g/mol. The van der Waals surface area contributed by atoms with Crippen LogP contribution in [-0.4, -0.2) is 38.1 Å². The normalized spacial score (nSPS) is 21.4. The van der Waals surface area contributed by atoms with Gasteiger partial charge in [-0.15, -0.1) is 0 Å². The second-order valence-electron chi connectivity index (χ2n) is 5.56. The Hall–Kier alpha value is -1.59. The number of anilines is 1. The van der Waals surface area contributed by atoms with Crippen molar-refractivity contribution in [1.82, 2.24) is 0 Å². The molecule has 2 aliphatic rings. The summed E-state index contributed by atoms with van der Waals surface area (Å²) in [5, 5.41) is 3.46. The Morgan fingerprint density at radius 1 is 1.24 bits per heavy atom. The fraction of sp³-hybridized carbons (Fsp3) is 0.562. The fourth-order valence-electron chi connectivity index (χ4n) is 3.10. The molecule has 1 aromatic carbocycles. The smallest absolute Gasteiger partial charge is 0.339 e. The summed E-state index contributed by atoms with van der Waals surface area (Å²) < 4.78 is 16.3. The topological polar surface area (TPSA) is 56.8 Å². The summed E-state index contributed by atoms with van der Waals surface area (Å²) in [7, 11) is 1.40. The first-order chi connectivity index (χ1) is 10.2. The summed E-state index contributed by atoms with van der Waals surface area (Å²) in [5.74, 6) is -0.659. The summed E-state index contributed by atoms with van der Waals surface area (Å²) in [6.07, 6.45) is 3.72. The van der Waals surface area contributed by atoms with Crippen molar-refractivity contribution in [3.8, 4) is 0 Å². The van der Waals surface area contributed by atoms with Crippen LogP contribution >= 0.6 is 0 Å². The molecule has 2 fully saturated rings.